The number of hydrogen-bond acceptors (Lipinski definition) is 2. The summed E-state index contributed by atoms with van der Waals surface area (Å²) in [5.41, 5.74) is 0.188. The first-order valence-electron chi connectivity index (χ1n) is 8.00. The van der Waals surface area contributed by atoms with Crippen LogP contribution in [0.3, 0.4) is 0 Å². The monoisotopic (exact) mass is 278 g/mol. The number of likely N-dealkylation sites (tertiary alicyclic amines) is 2. The van der Waals surface area contributed by atoms with Gasteiger partial charge < -0.3 is 9.80 Å². The molecule has 1 atom stereocenters. The minimum absolute atomic E-state index is 0.188. The SMILES string of the molecule is CC1CCN(C(=O)C(=O)N2CC(C)(C)[C@@H]2C2CC2)CC1. The van der Waals surface area contributed by atoms with E-state index in [-0.39, 0.29) is 17.2 Å². The summed E-state index contributed by atoms with van der Waals surface area (Å²) in [6, 6.07) is 0.294. The maximum Gasteiger partial charge on any atom is 0.312 e. The Balaban J connectivity index is 1.62. The van der Waals surface area contributed by atoms with E-state index < -0.39 is 0 Å². The van der Waals surface area contributed by atoms with Gasteiger partial charge in [0.1, 0.15) is 0 Å². The summed E-state index contributed by atoms with van der Waals surface area (Å²) in [6.45, 7) is 8.88. The fourth-order valence-corrected chi connectivity index (χ4v) is 3.91. The van der Waals surface area contributed by atoms with Gasteiger partial charge in [0.05, 0.1) is 0 Å². The van der Waals surface area contributed by atoms with Crippen LogP contribution >= 0.6 is 0 Å². The molecule has 112 valence electrons. The summed E-state index contributed by atoms with van der Waals surface area (Å²) in [6.07, 6.45) is 4.48. The van der Waals surface area contributed by atoms with Gasteiger partial charge in [0, 0.05) is 31.1 Å². The van der Waals surface area contributed by atoms with Gasteiger partial charge in [0.2, 0.25) is 0 Å². The van der Waals surface area contributed by atoms with Crippen LogP contribution in [-0.2, 0) is 9.59 Å². The zero-order valence-electron chi connectivity index (χ0n) is 12.9. The predicted octanol–water partition coefficient (Wildman–Crippen LogP) is 1.89. The topological polar surface area (TPSA) is 40.6 Å². The van der Waals surface area contributed by atoms with Crippen LogP contribution in [0.2, 0.25) is 0 Å². The Bertz CT molecular complexity index is 420. The second-order valence-corrected chi connectivity index (χ2v) is 7.68. The molecule has 0 radical (unpaired) electrons. The molecule has 3 aliphatic rings. The van der Waals surface area contributed by atoms with E-state index in [2.05, 4.69) is 20.8 Å². The van der Waals surface area contributed by atoms with E-state index in [1.54, 1.807) is 4.90 Å². The van der Waals surface area contributed by atoms with Crippen LogP contribution in [0, 0.1) is 17.3 Å². The molecular weight excluding hydrogens is 252 g/mol. The van der Waals surface area contributed by atoms with E-state index in [4.69, 9.17) is 0 Å². The molecule has 20 heavy (non-hydrogen) atoms. The molecule has 1 saturated carbocycles. The van der Waals surface area contributed by atoms with Crippen molar-refractivity contribution in [1.82, 2.24) is 9.80 Å². The van der Waals surface area contributed by atoms with Crippen molar-refractivity contribution < 1.29 is 9.59 Å². The molecule has 0 unspecified atom stereocenters. The van der Waals surface area contributed by atoms with E-state index in [0.29, 0.717) is 17.9 Å². The second kappa shape index (κ2) is 4.74. The van der Waals surface area contributed by atoms with Gasteiger partial charge >= 0.3 is 11.8 Å². The molecule has 2 heterocycles. The van der Waals surface area contributed by atoms with E-state index in [1.165, 1.54) is 12.8 Å². The van der Waals surface area contributed by atoms with Gasteiger partial charge in [-0.15, -0.1) is 0 Å². The molecule has 2 aliphatic heterocycles. The minimum Gasteiger partial charge on any atom is -0.334 e. The number of amides is 2. The molecular formula is C16H26N2O2. The lowest BCUT2D eigenvalue weighted by molar-refractivity contribution is -0.166. The molecule has 4 nitrogen and oxygen atoms in total. The Kier molecular flexibility index (Phi) is 3.30. The van der Waals surface area contributed by atoms with E-state index in [0.717, 1.165) is 32.5 Å². The third-order valence-corrected chi connectivity index (χ3v) is 5.30. The molecule has 3 fully saturated rings. The Labute approximate surface area is 121 Å². The molecule has 3 rings (SSSR count). The highest BCUT2D eigenvalue weighted by Crippen LogP contribution is 2.50. The molecule has 4 heteroatoms. The predicted molar refractivity (Wildman–Crippen MR) is 77.0 cm³/mol. The van der Waals surface area contributed by atoms with Gasteiger partial charge in [-0.2, -0.15) is 0 Å². The number of hydrogen-bond donors (Lipinski definition) is 0. The van der Waals surface area contributed by atoms with Crippen molar-refractivity contribution in [3.8, 4) is 0 Å². The van der Waals surface area contributed by atoms with Crippen LogP contribution < -0.4 is 0 Å². The van der Waals surface area contributed by atoms with E-state index in [1.807, 2.05) is 4.90 Å². The average molecular weight is 278 g/mol. The minimum atomic E-state index is -0.266. The van der Waals surface area contributed by atoms with Gasteiger partial charge in [0.25, 0.3) is 0 Å². The van der Waals surface area contributed by atoms with Crippen molar-refractivity contribution in [2.75, 3.05) is 19.6 Å². The summed E-state index contributed by atoms with van der Waals surface area (Å²) in [4.78, 5) is 28.5. The zero-order valence-corrected chi connectivity index (χ0v) is 12.9. The third kappa shape index (κ3) is 2.33. The van der Waals surface area contributed by atoms with Gasteiger partial charge in [-0.25, -0.2) is 0 Å². The van der Waals surface area contributed by atoms with Crippen LogP contribution in [0.15, 0.2) is 0 Å². The van der Waals surface area contributed by atoms with Crippen molar-refractivity contribution in [2.45, 2.75) is 52.5 Å². The summed E-state index contributed by atoms with van der Waals surface area (Å²) < 4.78 is 0. The standard InChI is InChI=1S/C16H26N2O2/c1-11-6-8-17(9-7-11)14(19)15(20)18-10-16(2,3)13(18)12-4-5-12/h11-13H,4-10H2,1-3H3/t13-/m0/s1. The second-order valence-electron chi connectivity index (χ2n) is 7.68. The molecule has 0 aromatic carbocycles. The van der Waals surface area contributed by atoms with Crippen molar-refractivity contribution in [3.63, 3.8) is 0 Å². The average Bonchev–Trinajstić information content (AvgIpc) is 3.20. The lowest BCUT2D eigenvalue weighted by atomic mass is 9.72. The van der Waals surface area contributed by atoms with Gasteiger partial charge in [0.15, 0.2) is 0 Å². The Morgan fingerprint density at radius 2 is 1.60 bits per heavy atom. The lowest BCUT2D eigenvalue weighted by Gasteiger charge is -2.54. The maximum atomic E-state index is 12.5. The fourth-order valence-electron chi connectivity index (χ4n) is 3.91. The van der Waals surface area contributed by atoms with Crippen molar-refractivity contribution in [1.29, 1.82) is 0 Å². The largest absolute Gasteiger partial charge is 0.334 e. The zero-order chi connectivity index (χ0) is 14.5. The number of nitrogens with zero attached hydrogens (tertiary/aromatic N) is 2. The summed E-state index contributed by atoms with van der Waals surface area (Å²) >= 11 is 0. The molecule has 0 spiro atoms. The van der Waals surface area contributed by atoms with Crippen LogP contribution in [0.25, 0.3) is 0 Å². The number of carbonyl (C=O) groups is 2. The highest BCUT2D eigenvalue weighted by Gasteiger charge is 2.55. The highest BCUT2D eigenvalue weighted by molar-refractivity contribution is 6.35. The highest BCUT2D eigenvalue weighted by atomic mass is 16.2. The fraction of sp³-hybridized carbons (Fsp3) is 0.875. The lowest BCUT2D eigenvalue weighted by Crippen LogP contribution is -2.67. The smallest absolute Gasteiger partial charge is 0.312 e. The summed E-state index contributed by atoms with van der Waals surface area (Å²) in [7, 11) is 0. The molecule has 1 aliphatic carbocycles. The van der Waals surface area contributed by atoms with Gasteiger partial charge in [-0.05, 0) is 37.5 Å². The molecule has 2 saturated heterocycles. The quantitative estimate of drug-likeness (QED) is 0.687. The molecule has 2 amide bonds. The maximum absolute atomic E-state index is 12.5. The Hall–Kier alpha value is -1.06. The normalized spacial score (nSPS) is 30.1. The summed E-state index contributed by atoms with van der Waals surface area (Å²) in [5, 5.41) is 0. The van der Waals surface area contributed by atoms with E-state index in [9.17, 15) is 9.59 Å². The molecule has 0 aromatic rings. The number of rotatable bonds is 1. The first-order chi connectivity index (χ1) is 9.40. The van der Waals surface area contributed by atoms with Crippen LogP contribution in [0.4, 0.5) is 0 Å². The first-order valence-corrected chi connectivity index (χ1v) is 8.00. The Morgan fingerprint density at radius 1 is 1.00 bits per heavy atom. The van der Waals surface area contributed by atoms with Crippen molar-refractivity contribution in [3.05, 3.63) is 0 Å². The van der Waals surface area contributed by atoms with Crippen molar-refractivity contribution >= 4 is 11.8 Å². The number of piperidine rings is 1. The first kappa shape index (κ1) is 13.9. The summed E-state index contributed by atoms with van der Waals surface area (Å²) in [5.74, 6) is 0.794. The van der Waals surface area contributed by atoms with E-state index >= 15 is 0 Å². The van der Waals surface area contributed by atoms with Crippen LogP contribution in [0.1, 0.15) is 46.5 Å². The van der Waals surface area contributed by atoms with Crippen LogP contribution in [0.5, 0.6) is 0 Å². The number of carbonyl (C=O) groups excluding carboxylic acids is 2. The molecule has 0 bridgehead atoms. The van der Waals surface area contributed by atoms with Crippen LogP contribution in [-0.4, -0.2) is 47.3 Å². The van der Waals surface area contributed by atoms with Gasteiger partial charge in [-0.3, -0.25) is 9.59 Å². The third-order valence-electron chi connectivity index (χ3n) is 5.30. The molecule has 0 N–H and O–H groups in total. The van der Waals surface area contributed by atoms with Crippen molar-refractivity contribution in [2.24, 2.45) is 17.3 Å². The molecule has 0 aromatic heterocycles. The van der Waals surface area contributed by atoms with Gasteiger partial charge in [-0.1, -0.05) is 20.8 Å². The Morgan fingerprint density at radius 3 is 2.10 bits per heavy atom.